The highest BCUT2D eigenvalue weighted by Crippen LogP contribution is 2.30. The fraction of sp³-hybridized carbons (Fsp3) is 0.562. The first kappa shape index (κ1) is 18.2. The van der Waals surface area contributed by atoms with Crippen molar-refractivity contribution in [2.24, 2.45) is 0 Å². The van der Waals surface area contributed by atoms with Crippen LogP contribution in [-0.2, 0) is 9.53 Å². The molecule has 0 aromatic carbocycles. The van der Waals surface area contributed by atoms with E-state index < -0.39 is 0 Å². The van der Waals surface area contributed by atoms with Crippen LogP contribution in [0.3, 0.4) is 0 Å². The van der Waals surface area contributed by atoms with E-state index in [1.165, 1.54) is 4.88 Å². The van der Waals surface area contributed by atoms with Crippen molar-refractivity contribution in [3.8, 4) is 0 Å². The molecule has 1 N–H and O–H groups in total. The molecule has 0 atom stereocenters. The van der Waals surface area contributed by atoms with Crippen LogP contribution >= 0.6 is 23.1 Å². The van der Waals surface area contributed by atoms with Gasteiger partial charge in [-0.2, -0.15) is 0 Å². The zero-order valence-corrected chi connectivity index (χ0v) is 15.4. The Bertz CT molecular complexity index is 643. The van der Waals surface area contributed by atoms with Crippen molar-refractivity contribution in [1.82, 2.24) is 15.3 Å². The number of rotatable bonds is 9. The number of carbonyl (C=O) groups is 1. The average Bonchev–Trinajstić information content (AvgIpc) is 2.87. The molecule has 7 heteroatoms. The van der Waals surface area contributed by atoms with Crippen molar-refractivity contribution >= 4 is 39.2 Å². The number of nitrogens with zero attached hydrogens (tertiary/aromatic N) is 2. The van der Waals surface area contributed by atoms with Crippen molar-refractivity contribution in [2.45, 2.75) is 44.7 Å². The lowest BCUT2D eigenvalue weighted by molar-refractivity contribution is -0.120. The van der Waals surface area contributed by atoms with Gasteiger partial charge in [0.2, 0.25) is 5.91 Å². The maximum atomic E-state index is 11.8. The van der Waals surface area contributed by atoms with E-state index in [0.29, 0.717) is 19.6 Å². The summed E-state index contributed by atoms with van der Waals surface area (Å²) in [7, 11) is 0. The third kappa shape index (κ3) is 6.08. The maximum absolute atomic E-state index is 11.8. The van der Waals surface area contributed by atoms with E-state index in [0.717, 1.165) is 27.4 Å². The first-order valence-corrected chi connectivity index (χ1v) is 9.58. The highest BCUT2D eigenvalue weighted by Gasteiger charge is 2.08. The quantitative estimate of drug-likeness (QED) is 0.425. The first-order valence-electron chi connectivity index (χ1n) is 7.78. The molecule has 0 fully saturated rings. The summed E-state index contributed by atoms with van der Waals surface area (Å²) in [5.41, 5.74) is 0. The molecule has 0 aliphatic carbocycles. The molecule has 0 bridgehead atoms. The minimum absolute atomic E-state index is 0.0776. The normalized spacial score (nSPS) is 11.3. The first-order chi connectivity index (χ1) is 11.1. The summed E-state index contributed by atoms with van der Waals surface area (Å²) in [6, 6.07) is 2.11. The summed E-state index contributed by atoms with van der Waals surface area (Å²) in [5, 5.41) is 4.97. The molecule has 0 aliphatic rings. The predicted octanol–water partition coefficient (Wildman–Crippen LogP) is 3.41. The SMILES string of the molecule is Cc1cc2c(SCCC(=O)NCCCOC(C)C)ncnc2s1. The summed E-state index contributed by atoms with van der Waals surface area (Å²) in [6.07, 6.45) is 3.17. The molecule has 2 aromatic heterocycles. The standard InChI is InChI=1S/C16H23N3O2S2/c1-11(2)21-7-4-6-17-14(20)5-8-22-15-13-9-12(3)23-16(13)19-10-18-15/h9-11H,4-8H2,1-3H3,(H,17,20). The van der Waals surface area contributed by atoms with Crippen LogP contribution in [0.15, 0.2) is 17.4 Å². The van der Waals surface area contributed by atoms with E-state index in [4.69, 9.17) is 4.74 Å². The van der Waals surface area contributed by atoms with Crippen LogP contribution in [-0.4, -0.2) is 40.9 Å². The fourth-order valence-electron chi connectivity index (χ4n) is 2.02. The number of aryl methyl sites for hydroxylation is 1. The van der Waals surface area contributed by atoms with E-state index in [9.17, 15) is 4.79 Å². The molecular formula is C16H23N3O2S2. The Kier molecular flexibility index (Phi) is 7.26. The molecule has 0 spiro atoms. The molecule has 0 unspecified atom stereocenters. The lowest BCUT2D eigenvalue weighted by Gasteiger charge is -2.08. The van der Waals surface area contributed by atoms with Crippen LogP contribution in [0.5, 0.6) is 0 Å². The molecular weight excluding hydrogens is 330 g/mol. The second-order valence-corrected chi connectivity index (χ2v) is 7.79. The van der Waals surface area contributed by atoms with Crippen molar-refractivity contribution in [3.63, 3.8) is 0 Å². The molecule has 2 rings (SSSR count). The summed E-state index contributed by atoms with van der Waals surface area (Å²) >= 11 is 3.28. The lowest BCUT2D eigenvalue weighted by Crippen LogP contribution is -2.25. The van der Waals surface area contributed by atoms with Gasteiger partial charge in [-0.05, 0) is 33.3 Å². The number of aromatic nitrogens is 2. The number of hydrogen-bond donors (Lipinski definition) is 1. The molecule has 0 aliphatic heterocycles. The van der Waals surface area contributed by atoms with Gasteiger partial charge in [0, 0.05) is 35.6 Å². The Balaban J connectivity index is 1.69. The highest BCUT2D eigenvalue weighted by atomic mass is 32.2. The maximum Gasteiger partial charge on any atom is 0.220 e. The number of fused-ring (bicyclic) bond motifs is 1. The van der Waals surface area contributed by atoms with Crippen LogP contribution in [0.2, 0.25) is 0 Å². The summed E-state index contributed by atoms with van der Waals surface area (Å²) < 4.78 is 5.44. The number of hydrogen-bond acceptors (Lipinski definition) is 6. The van der Waals surface area contributed by atoms with E-state index in [1.807, 2.05) is 13.8 Å². The van der Waals surface area contributed by atoms with Gasteiger partial charge in [-0.1, -0.05) is 0 Å². The number of ether oxygens (including phenoxy) is 1. The van der Waals surface area contributed by atoms with Crippen LogP contribution in [0, 0.1) is 6.92 Å². The van der Waals surface area contributed by atoms with Gasteiger partial charge in [-0.15, -0.1) is 23.1 Å². The minimum atomic E-state index is 0.0776. The van der Waals surface area contributed by atoms with Crippen LogP contribution in [0.1, 0.15) is 31.6 Å². The van der Waals surface area contributed by atoms with Gasteiger partial charge < -0.3 is 10.1 Å². The minimum Gasteiger partial charge on any atom is -0.379 e. The van der Waals surface area contributed by atoms with Gasteiger partial charge >= 0.3 is 0 Å². The highest BCUT2D eigenvalue weighted by molar-refractivity contribution is 7.99. The molecule has 23 heavy (non-hydrogen) atoms. The number of amides is 1. The smallest absolute Gasteiger partial charge is 0.220 e. The van der Waals surface area contributed by atoms with Crippen LogP contribution in [0.4, 0.5) is 0 Å². The molecule has 1 amide bonds. The monoisotopic (exact) mass is 353 g/mol. The number of nitrogens with one attached hydrogen (secondary N) is 1. The number of carbonyl (C=O) groups excluding carboxylic acids is 1. The van der Waals surface area contributed by atoms with E-state index in [1.54, 1.807) is 29.4 Å². The predicted molar refractivity (Wildman–Crippen MR) is 96.2 cm³/mol. The second-order valence-electron chi connectivity index (χ2n) is 5.48. The molecule has 2 heterocycles. The molecule has 2 aromatic rings. The van der Waals surface area contributed by atoms with E-state index >= 15 is 0 Å². The van der Waals surface area contributed by atoms with Crippen molar-refractivity contribution < 1.29 is 9.53 Å². The topological polar surface area (TPSA) is 64.1 Å². The van der Waals surface area contributed by atoms with Gasteiger partial charge in [0.15, 0.2) is 0 Å². The lowest BCUT2D eigenvalue weighted by atomic mass is 10.4. The third-order valence-corrected chi connectivity index (χ3v) is 5.04. The Morgan fingerprint density at radius 3 is 3.04 bits per heavy atom. The third-order valence-electron chi connectivity index (χ3n) is 3.08. The molecule has 0 saturated carbocycles. The fourth-order valence-corrected chi connectivity index (χ4v) is 3.84. The summed E-state index contributed by atoms with van der Waals surface area (Å²) in [4.78, 5) is 22.6. The molecule has 0 radical (unpaired) electrons. The molecule has 5 nitrogen and oxygen atoms in total. The van der Waals surface area contributed by atoms with E-state index in [-0.39, 0.29) is 12.0 Å². The van der Waals surface area contributed by atoms with Crippen LogP contribution in [0.25, 0.3) is 10.2 Å². The van der Waals surface area contributed by atoms with Gasteiger partial charge in [-0.3, -0.25) is 4.79 Å². The number of thioether (sulfide) groups is 1. The number of thiophene rings is 1. The van der Waals surface area contributed by atoms with Crippen molar-refractivity contribution in [3.05, 3.63) is 17.3 Å². The van der Waals surface area contributed by atoms with Crippen molar-refractivity contribution in [2.75, 3.05) is 18.9 Å². The average molecular weight is 354 g/mol. The summed E-state index contributed by atoms with van der Waals surface area (Å²) in [6.45, 7) is 7.43. The van der Waals surface area contributed by atoms with Gasteiger partial charge in [0.05, 0.1) is 6.10 Å². The molecule has 0 saturated heterocycles. The van der Waals surface area contributed by atoms with Crippen molar-refractivity contribution in [1.29, 1.82) is 0 Å². The van der Waals surface area contributed by atoms with Gasteiger partial charge in [-0.25, -0.2) is 9.97 Å². The Morgan fingerprint density at radius 2 is 2.26 bits per heavy atom. The molecule has 126 valence electrons. The van der Waals surface area contributed by atoms with Gasteiger partial charge in [0.1, 0.15) is 16.2 Å². The second kappa shape index (κ2) is 9.20. The van der Waals surface area contributed by atoms with Crippen LogP contribution < -0.4 is 5.32 Å². The van der Waals surface area contributed by atoms with Gasteiger partial charge in [0.25, 0.3) is 0 Å². The Labute approximate surface area is 145 Å². The largest absolute Gasteiger partial charge is 0.379 e. The summed E-state index contributed by atoms with van der Waals surface area (Å²) in [5.74, 6) is 0.795. The van der Waals surface area contributed by atoms with E-state index in [2.05, 4.69) is 28.3 Å². The Morgan fingerprint density at radius 1 is 1.43 bits per heavy atom. The Hall–Kier alpha value is -1.18. The zero-order chi connectivity index (χ0) is 16.7. The zero-order valence-electron chi connectivity index (χ0n) is 13.8.